The van der Waals surface area contributed by atoms with Gasteiger partial charge < -0.3 is 19.9 Å². The van der Waals surface area contributed by atoms with Crippen molar-refractivity contribution in [1.82, 2.24) is 0 Å². The fourth-order valence-electron chi connectivity index (χ4n) is 2.15. The number of phenolic OH excluding ortho intramolecular Hbond substituents is 1. The molecule has 0 aliphatic rings. The fourth-order valence-corrected chi connectivity index (χ4v) is 2.30. The summed E-state index contributed by atoms with van der Waals surface area (Å²) in [6, 6.07) is 7.95. The molecule has 132 valence electrons. The molecule has 2 N–H and O–H groups in total. The van der Waals surface area contributed by atoms with Crippen LogP contribution in [0.2, 0.25) is 5.02 Å². The summed E-state index contributed by atoms with van der Waals surface area (Å²) in [5.74, 6) is -1.09. The van der Waals surface area contributed by atoms with Gasteiger partial charge in [-0.05, 0) is 37.1 Å². The highest BCUT2D eigenvalue weighted by Crippen LogP contribution is 2.31. The first-order valence-corrected chi connectivity index (χ1v) is 7.81. The van der Waals surface area contributed by atoms with Crippen molar-refractivity contribution in [2.75, 3.05) is 19.0 Å². The molecule has 7 heteroatoms. The summed E-state index contributed by atoms with van der Waals surface area (Å²) < 4.78 is 10.1. The number of nitrogens with one attached hydrogen (secondary N) is 1. The van der Waals surface area contributed by atoms with Crippen LogP contribution in [-0.2, 0) is 9.53 Å². The molecule has 0 atom stereocenters. The second-order valence-corrected chi connectivity index (χ2v) is 5.80. The molecule has 1 amide bonds. The molecule has 25 heavy (non-hydrogen) atoms. The van der Waals surface area contributed by atoms with Gasteiger partial charge in [0.05, 0.1) is 12.8 Å². The van der Waals surface area contributed by atoms with Crippen LogP contribution in [0.1, 0.15) is 21.5 Å². The average molecular weight is 364 g/mol. The summed E-state index contributed by atoms with van der Waals surface area (Å²) >= 11 is 6.01. The number of aryl methyl sites for hydroxylation is 2. The van der Waals surface area contributed by atoms with Gasteiger partial charge in [0.15, 0.2) is 6.61 Å². The zero-order chi connectivity index (χ0) is 18.6. The van der Waals surface area contributed by atoms with E-state index in [1.165, 1.54) is 13.2 Å². The topological polar surface area (TPSA) is 84.9 Å². The maximum atomic E-state index is 12.0. The molecule has 0 aliphatic carbocycles. The number of rotatable bonds is 5. The molecule has 2 aromatic rings. The van der Waals surface area contributed by atoms with Crippen molar-refractivity contribution in [1.29, 1.82) is 0 Å². The molecule has 0 saturated heterocycles. The van der Waals surface area contributed by atoms with Gasteiger partial charge in [-0.15, -0.1) is 0 Å². The lowest BCUT2D eigenvalue weighted by Gasteiger charge is -2.12. The largest absolute Gasteiger partial charge is 0.507 e. The van der Waals surface area contributed by atoms with Gasteiger partial charge in [-0.2, -0.15) is 0 Å². The van der Waals surface area contributed by atoms with Gasteiger partial charge in [0, 0.05) is 11.1 Å². The number of aromatic hydroxyl groups is 1. The van der Waals surface area contributed by atoms with E-state index in [-0.39, 0.29) is 11.3 Å². The highest BCUT2D eigenvalue weighted by atomic mass is 35.5. The van der Waals surface area contributed by atoms with Crippen LogP contribution in [0.3, 0.4) is 0 Å². The number of amides is 1. The van der Waals surface area contributed by atoms with Gasteiger partial charge in [-0.25, -0.2) is 4.79 Å². The van der Waals surface area contributed by atoms with Gasteiger partial charge in [0.25, 0.3) is 5.91 Å². The van der Waals surface area contributed by atoms with Gasteiger partial charge in [-0.3, -0.25) is 4.79 Å². The van der Waals surface area contributed by atoms with Crippen molar-refractivity contribution < 1.29 is 24.2 Å². The van der Waals surface area contributed by atoms with Crippen LogP contribution in [0.5, 0.6) is 11.5 Å². The predicted molar refractivity (Wildman–Crippen MR) is 94.5 cm³/mol. The summed E-state index contributed by atoms with van der Waals surface area (Å²) in [5.41, 5.74) is 1.73. The number of phenols is 1. The smallest absolute Gasteiger partial charge is 0.342 e. The lowest BCUT2D eigenvalue weighted by molar-refractivity contribution is -0.119. The predicted octanol–water partition coefficient (Wildman–Crippen LogP) is 3.47. The fraction of sp³-hybridized carbons (Fsp3) is 0.222. The Labute approximate surface area is 150 Å². The molecular weight excluding hydrogens is 346 g/mol. The SMILES string of the molecule is COc1cc(Cl)c(C)cc1NC(=O)COC(=O)c1cccc(C)c1O. The van der Waals surface area contributed by atoms with E-state index in [1.807, 2.05) is 0 Å². The quantitative estimate of drug-likeness (QED) is 0.794. The number of methoxy groups -OCH3 is 1. The molecule has 0 aliphatic heterocycles. The van der Waals surface area contributed by atoms with E-state index in [2.05, 4.69) is 5.32 Å². The van der Waals surface area contributed by atoms with Crippen molar-refractivity contribution in [3.8, 4) is 11.5 Å². The Hall–Kier alpha value is -2.73. The highest BCUT2D eigenvalue weighted by Gasteiger charge is 2.16. The number of carbonyl (C=O) groups is 2. The van der Waals surface area contributed by atoms with Crippen LogP contribution < -0.4 is 10.1 Å². The Morgan fingerprint density at radius 1 is 1.20 bits per heavy atom. The summed E-state index contributed by atoms with van der Waals surface area (Å²) in [6.45, 7) is 2.95. The van der Waals surface area contributed by atoms with Crippen LogP contribution in [0.15, 0.2) is 30.3 Å². The number of carbonyl (C=O) groups excluding carboxylic acids is 2. The minimum absolute atomic E-state index is 0.00715. The average Bonchev–Trinajstić information content (AvgIpc) is 2.58. The van der Waals surface area contributed by atoms with Crippen LogP contribution in [0.4, 0.5) is 5.69 Å². The number of esters is 1. The maximum absolute atomic E-state index is 12.0. The molecule has 0 unspecified atom stereocenters. The van der Waals surface area contributed by atoms with Gasteiger partial charge >= 0.3 is 5.97 Å². The normalized spacial score (nSPS) is 10.2. The van der Waals surface area contributed by atoms with E-state index in [9.17, 15) is 14.7 Å². The summed E-state index contributed by atoms with van der Waals surface area (Å²) in [6.07, 6.45) is 0. The summed E-state index contributed by atoms with van der Waals surface area (Å²) in [4.78, 5) is 24.0. The standard InChI is InChI=1S/C18H18ClNO5/c1-10-5-4-6-12(17(10)22)18(23)25-9-16(21)20-14-7-11(2)13(19)8-15(14)24-3/h4-8,22H,9H2,1-3H3,(H,20,21). The number of para-hydroxylation sites is 1. The number of hydrogen-bond acceptors (Lipinski definition) is 5. The Morgan fingerprint density at radius 2 is 1.92 bits per heavy atom. The molecule has 0 heterocycles. The van der Waals surface area contributed by atoms with Crippen LogP contribution in [-0.4, -0.2) is 30.7 Å². The van der Waals surface area contributed by atoms with Gasteiger partial charge in [0.1, 0.15) is 17.1 Å². The minimum atomic E-state index is -0.782. The Bertz CT molecular complexity index is 819. The second-order valence-electron chi connectivity index (χ2n) is 5.40. The summed E-state index contributed by atoms with van der Waals surface area (Å²) in [7, 11) is 1.46. The zero-order valence-corrected chi connectivity index (χ0v) is 14.8. The number of anilines is 1. The van der Waals surface area contributed by atoms with Crippen LogP contribution in [0.25, 0.3) is 0 Å². The minimum Gasteiger partial charge on any atom is -0.507 e. The first kappa shape index (κ1) is 18.6. The van der Waals surface area contributed by atoms with Crippen LogP contribution >= 0.6 is 11.6 Å². The van der Waals surface area contributed by atoms with Crippen molar-refractivity contribution >= 4 is 29.2 Å². The molecule has 0 fully saturated rings. The van der Waals surface area contributed by atoms with E-state index in [1.54, 1.807) is 38.1 Å². The molecule has 2 rings (SSSR count). The Morgan fingerprint density at radius 3 is 2.60 bits per heavy atom. The second kappa shape index (κ2) is 7.90. The molecule has 0 aromatic heterocycles. The van der Waals surface area contributed by atoms with E-state index in [4.69, 9.17) is 21.1 Å². The number of ether oxygens (including phenoxy) is 2. The first-order chi connectivity index (χ1) is 11.8. The molecular formula is C18H18ClNO5. The van der Waals surface area contributed by atoms with Gasteiger partial charge in [-0.1, -0.05) is 23.7 Å². The van der Waals surface area contributed by atoms with Crippen LogP contribution in [0, 0.1) is 13.8 Å². The molecule has 0 radical (unpaired) electrons. The van der Waals surface area contributed by atoms with Crippen molar-refractivity contribution in [2.24, 2.45) is 0 Å². The molecule has 0 bridgehead atoms. The van der Waals surface area contributed by atoms with Gasteiger partial charge in [0.2, 0.25) is 0 Å². The highest BCUT2D eigenvalue weighted by molar-refractivity contribution is 6.31. The molecule has 0 saturated carbocycles. The first-order valence-electron chi connectivity index (χ1n) is 7.43. The van der Waals surface area contributed by atoms with E-state index >= 15 is 0 Å². The number of halogens is 1. The van der Waals surface area contributed by atoms with Crippen molar-refractivity contribution in [3.05, 3.63) is 52.0 Å². The van der Waals surface area contributed by atoms with E-state index in [0.717, 1.165) is 5.56 Å². The molecule has 0 spiro atoms. The molecule has 6 nitrogen and oxygen atoms in total. The zero-order valence-electron chi connectivity index (χ0n) is 14.1. The third kappa shape index (κ3) is 4.42. The van der Waals surface area contributed by atoms with E-state index < -0.39 is 18.5 Å². The number of hydrogen-bond donors (Lipinski definition) is 2. The Kier molecular flexibility index (Phi) is 5.88. The Balaban J connectivity index is 2.03. The monoisotopic (exact) mass is 363 g/mol. The van der Waals surface area contributed by atoms with Crippen molar-refractivity contribution in [3.63, 3.8) is 0 Å². The third-order valence-corrected chi connectivity index (χ3v) is 3.95. The van der Waals surface area contributed by atoms with Crippen molar-refractivity contribution in [2.45, 2.75) is 13.8 Å². The number of benzene rings is 2. The lowest BCUT2D eigenvalue weighted by Crippen LogP contribution is -2.21. The summed E-state index contributed by atoms with van der Waals surface area (Å²) in [5, 5.41) is 13.0. The molecule has 2 aromatic carbocycles. The maximum Gasteiger partial charge on any atom is 0.342 e. The van der Waals surface area contributed by atoms with E-state index in [0.29, 0.717) is 22.0 Å². The lowest BCUT2D eigenvalue weighted by atomic mass is 10.1. The third-order valence-electron chi connectivity index (χ3n) is 3.55.